The van der Waals surface area contributed by atoms with Gasteiger partial charge in [-0.3, -0.25) is 4.79 Å². The van der Waals surface area contributed by atoms with Crippen molar-refractivity contribution in [1.82, 2.24) is 5.32 Å². The number of aromatic hydroxyl groups is 1. The Balaban J connectivity index is 1.63. The first-order chi connectivity index (χ1) is 15.8. The molecule has 0 spiro atoms. The summed E-state index contributed by atoms with van der Waals surface area (Å²) < 4.78 is 0. The number of benzene rings is 3. The van der Waals surface area contributed by atoms with E-state index in [9.17, 15) is 20.1 Å². The zero-order valence-electron chi connectivity index (χ0n) is 19.0. The number of carbonyl (C=O) groups excluding carboxylic acids is 1. The number of rotatable bonds is 10. The van der Waals surface area contributed by atoms with E-state index >= 15 is 0 Å². The van der Waals surface area contributed by atoms with E-state index in [1.54, 1.807) is 12.1 Å². The molecular formula is C27H32N2O4. The molecule has 6 N–H and O–H groups in total. The Morgan fingerprint density at radius 1 is 0.970 bits per heavy atom. The summed E-state index contributed by atoms with van der Waals surface area (Å²) in [5, 5.41) is 32.8. The van der Waals surface area contributed by atoms with Crippen LogP contribution in [0.4, 0.5) is 0 Å². The molecule has 0 fully saturated rings. The van der Waals surface area contributed by atoms with Crippen molar-refractivity contribution in [1.29, 1.82) is 0 Å². The molecule has 6 nitrogen and oxygen atoms in total. The lowest BCUT2D eigenvalue weighted by atomic mass is 9.94. The van der Waals surface area contributed by atoms with Gasteiger partial charge in [-0.1, -0.05) is 54.6 Å². The summed E-state index contributed by atoms with van der Waals surface area (Å²) in [5.41, 5.74) is 10.6. The van der Waals surface area contributed by atoms with Crippen LogP contribution in [0.5, 0.6) is 5.75 Å². The monoisotopic (exact) mass is 448 g/mol. The molecule has 0 bridgehead atoms. The molecule has 0 aliphatic rings. The van der Waals surface area contributed by atoms with Crippen molar-refractivity contribution >= 4 is 5.91 Å². The Morgan fingerprint density at radius 3 is 2.36 bits per heavy atom. The lowest BCUT2D eigenvalue weighted by Crippen LogP contribution is -2.32. The molecule has 3 aromatic rings. The molecule has 1 amide bonds. The molecule has 3 aromatic carbocycles. The van der Waals surface area contributed by atoms with E-state index in [1.165, 1.54) is 6.07 Å². The first-order valence-corrected chi connectivity index (χ1v) is 11.1. The Morgan fingerprint density at radius 2 is 1.67 bits per heavy atom. The quantitative estimate of drug-likeness (QED) is 0.326. The van der Waals surface area contributed by atoms with Gasteiger partial charge < -0.3 is 26.4 Å². The predicted octanol–water partition coefficient (Wildman–Crippen LogP) is 3.39. The number of nitrogens with two attached hydrogens (primary N) is 1. The molecule has 0 aromatic heterocycles. The second kappa shape index (κ2) is 11.1. The minimum Gasteiger partial charge on any atom is -0.508 e. The Kier molecular flexibility index (Phi) is 8.22. The molecule has 1 unspecified atom stereocenters. The summed E-state index contributed by atoms with van der Waals surface area (Å²) in [4.78, 5) is 11.5. The van der Waals surface area contributed by atoms with Crippen molar-refractivity contribution in [3.63, 3.8) is 0 Å². The first-order valence-electron chi connectivity index (χ1n) is 11.1. The number of primary amides is 1. The third kappa shape index (κ3) is 6.42. The smallest absolute Gasteiger partial charge is 0.224 e. The molecule has 3 rings (SSSR count). The third-order valence-corrected chi connectivity index (χ3v) is 5.93. The summed E-state index contributed by atoms with van der Waals surface area (Å²) in [6.07, 6.45) is 0.0229. The van der Waals surface area contributed by atoms with Crippen molar-refractivity contribution in [3.8, 4) is 16.9 Å². The molecule has 6 heteroatoms. The van der Waals surface area contributed by atoms with Crippen LogP contribution in [-0.2, 0) is 17.8 Å². The normalized spacial score (nSPS) is 13.9. The van der Waals surface area contributed by atoms with Gasteiger partial charge in [-0.2, -0.15) is 0 Å². The molecule has 0 radical (unpaired) electrons. The second-order valence-electron chi connectivity index (χ2n) is 8.53. The van der Waals surface area contributed by atoms with Crippen molar-refractivity contribution in [2.75, 3.05) is 6.54 Å². The highest BCUT2D eigenvalue weighted by Gasteiger charge is 2.14. The second-order valence-corrected chi connectivity index (χ2v) is 8.53. The molecule has 174 valence electrons. The SMILES string of the molecule is CC(C(N)=O)c1cccc(-c2cccc(C[C@@H](C)NC[C@H](O)c3ccc(O)c(CO)c3)c2)c1. The van der Waals surface area contributed by atoms with Gasteiger partial charge in [0.05, 0.1) is 18.6 Å². The van der Waals surface area contributed by atoms with Crippen molar-refractivity contribution in [3.05, 3.63) is 89.0 Å². The van der Waals surface area contributed by atoms with E-state index in [0.717, 1.165) is 28.7 Å². The fourth-order valence-corrected chi connectivity index (χ4v) is 3.83. The van der Waals surface area contributed by atoms with Gasteiger partial charge in [0.15, 0.2) is 0 Å². The molecule has 0 heterocycles. The van der Waals surface area contributed by atoms with E-state index in [1.807, 2.05) is 43.3 Å². The Hall–Kier alpha value is -3.19. The standard InChI is InChI=1S/C27H32N2O4/c1-17(29-15-26(32)23-9-10-25(31)24(14-23)16-30)11-19-5-3-7-21(12-19)22-8-4-6-20(13-22)18(2)27(28)33/h3-10,12-14,17-18,26,29-32H,11,15-16H2,1-2H3,(H2,28,33)/t17-,18?,26+/m1/s1. The van der Waals surface area contributed by atoms with Gasteiger partial charge >= 0.3 is 0 Å². The summed E-state index contributed by atoms with van der Waals surface area (Å²) in [7, 11) is 0. The minimum atomic E-state index is -0.750. The Labute approximate surface area is 194 Å². The van der Waals surface area contributed by atoms with Crippen LogP contribution in [-0.4, -0.2) is 33.8 Å². The largest absolute Gasteiger partial charge is 0.508 e. The Bertz CT molecular complexity index is 1100. The number of hydrogen-bond donors (Lipinski definition) is 5. The molecule has 33 heavy (non-hydrogen) atoms. The highest BCUT2D eigenvalue weighted by atomic mass is 16.3. The van der Waals surface area contributed by atoms with Crippen LogP contribution < -0.4 is 11.1 Å². The fraction of sp³-hybridized carbons (Fsp3) is 0.296. The molecular weight excluding hydrogens is 416 g/mol. The van der Waals surface area contributed by atoms with E-state index in [4.69, 9.17) is 5.73 Å². The van der Waals surface area contributed by atoms with E-state index in [0.29, 0.717) is 17.7 Å². The highest BCUT2D eigenvalue weighted by molar-refractivity contribution is 5.82. The maximum atomic E-state index is 11.5. The molecule has 0 saturated carbocycles. The van der Waals surface area contributed by atoms with E-state index in [2.05, 4.69) is 24.4 Å². The first kappa shape index (κ1) is 24.5. The highest BCUT2D eigenvalue weighted by Crippen LogP contribution is 2.26. The number of amides is 1. The van der Waals surface area contributed by atoms with Crippen LogP contribution in [0, 0.1) is 0 Å². The summed E-state index contributed by atoms with van der Waals surface area (Å²) >= 11 is 0. The van der Waals surface area contributed by atoms with Gasteiger partial charge in [0.25, 0.3) is 0 Å². The van der Waals surface area contributed by atoms with Gasteiger partial charge in [-0.25, -0.2) is 0 Å². The van der Waals surface area contributed by atoms with Crippen molar-refractivity contribution < 1.29 is 20.1 Å². The zero-order chi connectivity index (χ0) is 24.0. The van der Waals surface area contributed by atoms with Crippen LogP contribution in [0.15, 0.2) is 66.7 Å². The van der Waals surface area contributed by atoms with Crippen LogP contribution in [0.2, 0.25) is 0 Å². The maximum Gasteiger partial charge on any atom is 0.224 e. The lowest BCUT2D eigenvalue weighted by molar-refractivity contribution is -0.119. The average Bonchev–Trinajstić information content (AvgIpc) is 2.82. The summed E-state index contributed by atoms with van der Waals surface area (Å²) in [5.74, 6) is -0.669. The van der Waals surface area contributed by atoms with E-state index in [-0.39, 0.29) is 30.2 Å². The van der Waals surface area contributed by atoms with Gasteiger partial charge in [0.2, 0.25) is 5.91 Å². The van der Waals surface area contributed by atoms with Gasteiger partial charge in [0, 0.05) is 18.2 Å². The molecule has 0 aliphatic heterocycles. The van der Waals surface area contributed by atoms with Crippen LogP contribution in [0.25, 0.3) is 11.1 Å². The number of phenols is 1. The van der Waals surface area contributed by atoms with Gasteiger partial charge in [-0.05, 0) is 60.2 Å². The van der Waals surface area contributed by atoms with Crippen molar-refractivity contribution in [2.45, 2.75) is 44.9 Å². The molecule has 3 atom stereocenters. The minimum absolute atomic E-state index is 0.0179. The van der Waals surface area contributed by atoms with Crippen LogP contribution in [0.3, 0.4) is 0 Å². The summed E-state index contributed by atoms with van der Waals surface area (Å²) in [6, 6.07) is 21.0. The summed E-state index contributed by atoms with van der Waals surface area (Å²) in [6.45, 7) is 3.94. The zero-order valence-corrected chi connectivity index (χ0v) is 19.0. The maximum absolute atomic E-state index is 11.5. The number of aliphatic hydroxyl groups is 2. The number of nitrogens with one attached hydrogen (secondary N) is 1. The van der Waals surface area contributed by atoms with Crippen molar-refractivity contribution in [2.24, 2.45) is 5.73 Å². The fourth-order valence-electron chi connectivity index (χ4n) is 3.83. The number of hydrogen-bond acceptors (Lipinski definition) is 5. The van der Waals surface area contributed by atoms with Crippen LogP contribution in [0.1, 0.15) is 48.1 Å². The molecule has 0 aliphatic carbocycles. The third-order valence-electron chi connectivity index (χ3n) is 5.93. The predicted molar refractivity (Wildman–Crippen MR) is 130 cm³/mol. The van der Waals surface area contributed by atoms with E-state index < -0.39 is 6.10 Å². The van der Waals surface area contributed by atoms with Gasteiger partial charge in [-0.15, -0.1) is 0 Å². The van der Waals surface area contributed by atoms with Crippen LogP contribution >= 0.6 is 0 Å². The molecule has 0 saturated heterocycles. The van der Waals surface area contributed by atoms with Gasteiger partial charge in [0.1, 0.15) is 5.75 Å². The topological polar surface area (TPSA) is 116 Å². The lowest BCUT2D eigenvalue weighted by Gasteiger charge is -2.18. The average molecular weight is 449 g/mol. The number of aliphatic hydroxyl groups excluding tert-OH is 2. The number of carbonyl (C=O) groups is 1.